The van der Waals surface area contributed by atoms with Crippen LogP contribution in [0.4, 0.5) is 13.2 Å². The van der Waals surface area contributed by atoms with Gasteiger partial charge in [0.05, 0.1) is 5.56 Å². The van der Waals surface area contributed by atoms with E-state index < -0.39 is 11.7 Å². The first kappa shape index (κ1) is 18.7. The van der Waals surface area contributed by atoms with Gasteiger partial charge >= 0.3 is 6.18 Å². The Kier molecular flexibility index (Phi) is 4.75. The molecule has 1 aromatic heterocycles. The summed E-state index contributed by atoms with van der Waals surface area (Å²) >= 11 is 0. The fourth-order valence-corrected chi connectivity index (χ4v) is 3.92. The maximum atomic E-state index is 12.8. The van der Waals surface area contributed by atoms with Gasteiger partial charge in [-0.2, -0.15) is 13.2 Å². The molecule has 0 aliphatic carbocycles. The Hall–Kier alpha value is -2.60. The van der Waals surface area contributed by atoms with Gasteiger partial charge in [0.25, 0.3) is 0 Å². The summed E-state index contributed by atoms with van der Waals surface area (Å²) in [4.78, 5) is 18.4. The van der Waals surface area contributed by atoms with Crippen molar-refractivity contribution in [3.05, 3.63) is 70.9 Å². The van der Waals surface area contributed by atoms with Crippen LogP contribution < -0.4 is 0 Å². The highest BCUT2D eigenvalue weighted by atomic mass is 19.4. The second kappa shape index (κ2) is 7.09. The molecule has 0 bridgehead atoms. The van der Waals surface area contributed by atoms with E-state index in [4.69, 9.17) is 0 Å². The van der Waals surface area contributed by atoms with Crippen molar-refractivity contribution in [2.75, 3.05) is 20.1 Å². The number of carbonyl (C=O) groups is 1. The first-order chi connectivity index (χ1) is 13.3. The fraction of sp³-hybridized carbons (Fsp3) is 0.318. The Bertz CT molecular complexity index is 997. The number of benzene rings is 2. The van der Waals surface area contributed by atoms with Gasteiger partial charge in [0.15, 0.2) is 5.78 Å². The number of likely N-dealkylation sites (tertiary alicyclic amines) is 1. The van der Waals surface area contributed by atoms with Crippen LogP contribution in [0.2, 0.25) is 0 Å². The van der Waals surface area contributed by atoms with E-state index in [9.17, 15) is 18.0 Å². The van der Waals surface area contributed by atoms with Crippen LogP contribution in [0, 0.1) is 0 Å². The number of alkyl halides is 3. The van der Waals surface area contributed by atoms with Crippen molar-refractivity contribution >= 4 is 16.7 Å². The number of fused-ring (bicyclic) bond motifs is 1. The van der Waals surface area contributed by atoms with Gasteiger partial charge in [0, 0.05) is 28.2 Å². The number of hydrogen-bond donors (Lipinski definition) is 1. The van der Waals surface area contributed by atoms with Gasteiger partial charge in [-0.15, -0.1) is 0 Å². The molecule has 0 atom stereocenters. The number of ketones is 1. The van der Waals surface area contributed by atoms with Crippen LogP contribution in [0.15, 0.2) is 48.7 Å². The summed E-state index contributed by atoms with van der Waals surface area (Å²) in [5.74, 6) is 0.174. The topological polar surface area (TPSA) is 36.1 Å². The molecule has 0 spiro atoms. The SMILES string of the molecule is CN1CCC(c2c[nH]c3ccc(C(=O)c4ccc(C(F)(F)F)cc4)cc23)CC1. The third-order valence-corrected chi connectivity index (χ3v) is 5.61. The number of nitrogens with one attached hydrogen (secondary N) is 1. The number of piperidine rings is 1. The largest absolute Gasteiger partial charge is 0.416 e. The van der Waals surface area contributed by atoms with Crippen molar-refractivity contribution in [3.8, 4) is 0 Å². The Labute approximate surface area is 161 Å². The number of aromatic nitrogens is 1. The third-order valence-electron chi connectivity index (χ3n) is 5.61. The Morgan fingerprint density at radius 1 is 1.04 bits per heavy atom. The monoisotopic (exact) mass is 386 g/mol. The Morgan fingerprint density at radius 2 is 1.68 bits per heavy atom. The quantitative estimate of drug-likeness (QED) is 0.626. The van der Waals surface area contributed by atoms with Crippen LogP contribution in [0.5, 0.6) is 0 Å². The zero-order chi connectivity index (χ0) is 19.9. The second-order valence-corrected chi connectivity index (χ2v) is 7.49. The summed E-state index contributed by atoms with van der Waals surface area (Å²) in [6.45, 7) is 2.09. The average molecular weight is 386 g/mol. The molecule has 2 heterocycles. The summed E-state index contributed by atoms with van der Waals surface area (Å²) in [7, 11) is 2.12. The molecule has 28 heavy (non-hydrogen) atoms. The van der Waals surface area contributed by atoms with Crippen LogP contribution >= 0.6 is 0 Å². The van der Waals surface area contributed by atoms with E-state index in [1.807, 2.05) is 18.3 Å². The van der Waals surface area contributed by atoms with Crippen LogP contribution in [0.1, 0.15) is 45.8 Å². The summed E-state index contributed by atoms with van der Waals surface area (Å²) < 4.78 is 38.2. The van der Waals surface area contributed by atoms with Gasteiger partial charge in [-0.05, 0) is 74.8 Å². The van der Waals surface area contributed by atoms with E-state index in [1.165, 1.54) is 17.7 Å². The normalized spacial score (nSPS) is 16.6. The van der Waals surface area contributed by atoms with E-state index in [0.29, 0.717) is 11.5 Å². The van der Waals surface area contributed by atoms with E-state index in [2.05, 4.69) is 16.9 Å². The molecule has 1 N–H and O–H groups in total. The number of carbonyl (C=O) groups excluding carboxylic acids is 1. The highest BCUT2D eigenvalue weighted by Gasteiger charge is 2.30. The molecule has 3 nitrogen and oxygen atoms in total. The van der Waals surface area contributed by atoms with Crippen LogP contribution in [-0.2, 0) is 6.18 Å². The van der Waals surface area contributed by atoms with Gasteiger partial charge in [0.2, 0.25) is 0 Å². The number of H-pyrrole nitrogens is 1. The lowest BCUT2D eigenvalue weighted by molar-refractivity contribution is -0.137. The minimum absolute atomic E-state index is 0.253. The summed E-state index contributed by atoms with van der Waals surface area (Å²) in [6.07, 6.45) is -0.247. The highest BCUT2D eigenvalue weighted by molar-refractivity contribution is 6.10. The van der Waals surface area contributed by atoms with Gasteiger partial charge in [-0.3, -0.25) is 4.79 Å². The highest BCUT2D eigenvalue weighted by Crippen LogP contribution is 2.34. The maximum absolute atomic E-state index is 12.8. The molecule has 0 amide bonds. The molecule has 4 rings (SSSR count). The number of aromatic amines is 1. The second-order valence-electron chi connectivity index (χ2n) is 7.49. The fourth-order valence-electron chi connectivity index (χ4n) is 3.92. The summed E-state index contributed by atoms with van der Waals surface area (Å²) in [5.41, 5.74) is 2.17. The number of hydrogen-bond acceptors (Lipinski definition) is 2. The van der Waals surface area contributed by atoms with Crippen molar-refractivity contribution in [3.63, 3.8) is 0 Å². The van der Waals surface area contributed by atoms with Crippen molar-refractivity contribution in [2.45, 2.75) is 24.9 Å². The molecule has 1 saturated heterocycles. The standard InChI is InChI=1S/C22H21F3N2O/c1-27-10-8-14(9-11-27)19-13-26-20-7-4-16(12-18(19)20)21(28)15-2-5-17(6-3-15)22(23,24)25/h2-7,12-14,26H,8-11H2,1H3. The average Bonchev–Trinajstić information content (AvgIpc) is 3.10. The molecule has 6 heteroatoms. The molecule has 0 unspecified atom stereocenters. The predicted molar refractivity (Wildman–Crippen MR) is 103 cm³/mol. The zero-order valence-corrected chi connectivity index (χ0v) is 15.5. The van der Waals surface area contributed by atoms with Gasteiger partial charge in [-0.1, -0.05) is 12.1 Å². The smallest absolute Gasteiger partial charge is 0.361 e. The number of halogens is 3. The molecule has 0 saturated carbocycles. The summed E-state index contributed by atoms with van der Waals surface area (Å²) in [5, 5.41) is 1.02. The molecule has 0 radical (unpaired) electrons. The molecule has 1 aliphatic heterocycles. The lowest BCUT2D eigenvalue weighted by atomic mass is 9.88. The number of nitrogens with zero attached hydrogens (tertiary/aromatic N) is 1. The Balaban J connectivity index is 1.64. The van der Waals surface area contributed by atoms with Crippen molar-refractivity contribution in [1.82, 2.24) is 9.88 Å². The lowest BCUT2D eigenvalue weighted by Gasteiger charge is -2.28. The number of rotatable bonds is 3. The van der Waals surface area contributed by atoms with Crippen LogP contribution in [0.3, 0.4) is 0 Å². The zero-order valence-electron chi connectivity index (χ0n) is 15.5. The molecular weight excluding hydrogens is 365 g/mol. The molecular formula is C22H21F3N2O. The van der Waals surface area contributed by atoms with Crippen molar-refractivity contribution in [2.24, 2.45) is 0 Å². The molecule has 1 aliphatic rings. The lowest BCUT2D eigenvalue weighted by Crippen LogP contribution is -2.29. The van der Waals surface area contributed by atoms with E-state index >= 15 is 0 Å². The van der Waals surface area contributed by atoms with E-state index in [0.717, 1.165) is 49.0 Å². The Morgan fingerprint density at radius 3 is 2.32 bits per heavy atom. The van der Waals surface area contributed by atoms with Gasteiger partial charge < -0.3 is 9.88 Å². The first-order valence-corrected chi connectivity index (χ1v) is 9.34. The minimum Gasteiger partial charge on any atom is -0.361 e. The molecule has 146 valence electrons. The van der Waals surface area contributed by atoms with Gasteiger partial charge in [-0.25, -0.2) is 0 Å². The van der Waals surface area contributed by atoms with Gasteiger partial charge in [0.1, 0.15) is 0 Å². The minimum atomic E-state index is -4.41. The molecule has 3 aromatic rings. The van der Waals surface area contributed by atoms with Crippen LogP contribution in [0.25, 0.3) is 10.9 Å². The summed E-state index contributed by atoms with van der Waals surface area (Å²) in [6, 6.07) is 9.83. The van der Waals surface area contributed by atoms with Crippen LogP contribution in [-0.4, -0.2) is 35.8 Å². The van der Waals surface area contributed by atoms with Crippen molar-refractivity contribution in [1.29, 1.82) is 0 Å². The first-order valence-electron chi connectivity index (χ1n) is 9.34. The van der Waals surface area contributed by atoms with E-state index in [-0.39, 0.29) is 11.3 Å². The van der Waals surface area contributed by atoms with Crippen molar-refractivity contribution < 1.29 is 18.0 Å². The predicted octanol–water partition coefficient (Wildman–Crippen LogP) is 5.23. The maximum Gasteiger partial charge on any atom is 0.416 e. The third kappa shape index (κ3) is 3.56. The molecule has 1 fully saturated rings. The van der Waals surface area contributed by atoms with E-state index in [1.54, 1.807) is 6.07 Å². The molecule has 2 aromatic carbocycles.